The number of benzene rings is 1. The van der Waals surface area contributed by atoms with E-state index < -0.39 is 0 Å². The van der Waals surface area contributed by atoms with E-state index >= 15 is 0 Å². The van der Waals surface area contributed by atoms with Crippen LogP contribution < -0.4 is 11.5 Å². The molecule has 4 N–H and O–H groups in total. The molecule has 1 aliphatic rings. The predicted octanol–water partition coefficient (Wildman–Crippen LogP) is 0.0413. The summed E-state index contributed by atoms with van der Waals surface area (Å²) in [6.45, 7) is 5.46. The highest BCUT2D eigenvalue weighted by Crippen LogP contribution is 2.09. The Labute approximate surface area is 119 Å². The maximum absolute atomic E-state index is 5.22. The van der Waals surface area contributed by atoms with Crippen LogP contribution in [0.1, 0.15) is 11.1 Å². The molecule has 0 aromatic heterocycles. The van der Waals surface area contributed by atoms with E-state index in [4.69, 9.17) is 11.5 Å². The highest BCUT2D eigenvalue weighted by Gasteiger charge is 2.13. The van der Waals surface area contributed by atoms with Crippen LogP contribution in [0.25, 0.3) is 0 Å². The Bertz CT molecular complexity index is 484. The molecule has 0 atom stereocenters. The first-order chi connectivity index (χ1) is 9.63. The quantitative estimate of drug-likeness (QED) is 0.461. The molecular weight excluding hydrogens is 252 g/mol. The van der Waals surface area contributed by atoms with Gasteiger partial charge in [-0.3, -0.25) is 4.90 Å². The van der Waals surface area contributed by atoms with Gasteiger partial charge in [0.1, 0.15) is 0 Å². The van der Waals surface area contributed by atoms with E-state index in [1.165, 1.54) is 5.56 Å². The van der Waals surface area contributed by atoms with E-state index in [0.717, 1.165) is 38.3 Å². The Balaban J connectivity index is 1.95. The molecule has 0 amide bonds. The molecule has 2 rings (SSSR count). The second-order valence-corrected chi connectivity index (χ2v) is 5.09. The maximum atomic E-state index is 5.22. The molecule has 20 heavy (non-hydrogen) atoms. The zero-order chi connectivity index (χ0) is 14.4. The van der Waals surface area contributed by atoms with Crippen molar-refractivity contribution in [3.05, 3.63) is 35.4 Å². The van der Waals surface area contributed by atoms with Crippen LogP contribution in [0.2, 0.25) is 0 Å². The number of guanidine groups is 1. The average molecular weight is 274 g/mol. The van der Waals surface area contributed by atoms with Crippen molar-refractivity contribution in [3.8, 4) is 0 Å². The summed E-state index contributed by atoms with van der Waals surface area (Å²) in [7, 11) is 2.16. The molecule has 0 spiro atoms. The van der Waals surface area contributed by atoms with Crippen molar-refractivity contribution in [2.75, 3.05) is 33.2 Å². The summed E-state index contributed by atoms with van der Waals surface area (Å²) in [4.78, 5) is 4.82. The molecule has 0 bridgehead atoms. The van der Waals surface area contributed by atoms with Crippen LogP contribution in [0.15, 0.2) is 34.5 Å². The molecule has 1 heterocycles. The lowest BCUT2D eigenvalue weighted by Crippen LogP contribution is -2.43. The molecule has 1 fully saturated rings. The third kappa shape index (κ3) is 4.64. The molecular formula is C14H22N6. The van der Waals surface area contributed by atoms with Gasteiger partial charge in [-0.05, 0) is 24.2 Å². The molecule has 0 saturated carbocycles. The second-order valence-electron chi connectivity index (χ2n) is 5.09. The zero-order valence-electron chi connectivity index (χ0n) is 11.9. The van der Waals surface area contributed by atoms with Crippen molar-refractivity contribution in [2.24, 2.45) is 21.7 Å². The van der Waals surface area contributed by atoms with E-state index in [0.29, 0.717) is 0 Å². The van der Waals surface area contributed by atoms with E-state index in [1.807, 2.05) is 12.1 Å². The van der Waals surface area contributed by atoms with Crippen LogP contribution in [0.5, 0.6) is 0 Å². The van der Waals surface area contributed by atoms with E-state index in [1.54, 1.807) is 6.21 Å². The van der Waals surface area contributed by atoms with Crippen LogP contribution in [-0.2, 0) is 6.54 Å². The number of hydrogen-bond donors (Lipinski definition) is 2. The Morgan fingerprint density at radius 1 is 1.25 bits per heavy atom. The van der Waals surface area contributed by atoms with Gasteiger partial charge in [-0.2, -0.15) is 5.10 Å². The minimum atomic E-state index is -0.0326. The minimum absolute atomic E-state index is 0.0326. The van der Waals surface area contributed by atoms with Gasteiger partial charge in [-0.25, -0.2) is 0 Å². The fourth-order valence-corrected chi connectivity index (χ4v) is 2.20. The van der Waals surface area contributed by atoms with Gasteiger partial charge in [-0.1, -0.05) is 18.2 Å². The number of nitrogens with zero attached hydrogens (tertiary/aromatic N) is 4. The Morgan fingerprint density at radius 2 is 2.00 bits per heavy atom. The summed E-state index contributed by atoms with van der Waals surface area (Å²) >= 11 is 0. The van der Waals surface area contributed by atoms with Crippen molar-refractivity contribution in [1.29, 1.82) is 0 Å². The summed E-state index contributed by atoms with van der Waals surface area (Å²) in [6, 6.07) is 8.27. The number of piperazine rings is 1. The van der Waals surface area contributed by atoms with Crippen molar-refractivity contribution < 1.29 is 0 Å². The highest BCUT2D eigenvalue weighted by molar-refractivity contribution is 5.81. The predicted molar refractivity (Wildman–Crippen MR) is 82.6 cm³/mol. The van der Waals surface area contributed by atoms with Crippen LogP contribution >= 0.6 is 0 Å². The normalized spacial score (nSPS) is 17.4. The summed E-state index contributed by atoms with van der Waals surface area (Å²) < 4.78 is 0. The lowest BCUT2D eigenvalue weighted by Gasteiger charge is -2.32. The topological polar surface area (TPSA) is 83.2 Å². The first kappa shape index (κ1) is 14.5. The molecule has 1 aliphatic heterocycles. The van der Waals surface area contributed by atoms with Crippen LogP contribution in [0, 0.1) is 0 Å². The van der Waals surface area contributed by atoms with Crippen molar-refractivity contribution in [2.45, 2.75) is 6.54 Å². The van der Waals surface area contributed by atoms with Crippen LogP contribution in [0.4, 0.5) is 0 Å². The zero-order valence-corrected chi connectivity index (χ0v) is 11.9. The first-order valence-electron chi connectivity index (χ1n) is 6.75. The van der Waals surface area contributed by atoms with Gasteiger partial charge in [0.15, 0.2) is 0 Å². The molecule has 1 aromatic rings. The smallest absolute Gasteiger partial charge is 0.211 e. The van der Waals surface area contributed by atoms with Gasteiger partial charge < -0.3 is 16.4 Å². The maximum Gasteiger partial charge on any atom is 0.211 e. The summed E-state index contributed by atoms with van der Waals surface area (Å²) in [6.07, 6.45) is 1.66. The minimum Gasteiger partial charge on any atom is -0.369 e. The molecule has 0 aliphatic carbocycles. The molecule has 1 saturated heterocycles. The van der Waals surface area contributed by atoms with Gasteiger partial charge in [-0.15, -0.1) is 5.10 Å². The van der Waals surface area contributed by atoms with Gasteiger partial charge >= 0.3 is 0 Å². The number of likely N-dealkylation sites (N-methyl/N-ethyl adjacent to an activating group) is 1. The molecule has 0 radical (unpaired) electrons. The van der Waals surface area contributed by atoms with Crippen LogP contribution in [0.3, 0.4) is 0 Å². The first-order valence-corrected chi connectivity index (χ1v) is 6.75. The number of hydrogen-bond acceptors (Lipinski definition) is 4. The summed E-state index contributed by atoms with van der Waals surface area (Å²) in [5.41, 5.74) is 12.7. The molecule has 6 nitrogen and oxygen atoms in total. The van der Waals surface area contributed by atoms with E-state index in [9.17, 15) is 0 Å². The van der Waals surface area contributed by atoms with Crippen LogP contribution in [-0.4, -0.2) is 55.2 Å². The number of nitrogens with two attached hydrogens (primary N) is 2. The van der Waals surface area contributed by atoms with Gasteiger partial charge in [0, 0.05) is 32.7 Å². The third-order valence-electron chi connectivity index (χ3n) is 3.33. The van der Waals surface area contributed by atoms with Crippen molar-refractivity contribution in [1.82, 2.24) is 9.80 Å². The third-order valence-corrected chi connectivity index (χ3v) is 3.33. The fourth-order valence-electron chi connectivity index (χ4n) is 2.20. The Hall–Kier alpha value is -1.92. The fraction of sp³-hybridized carbons (Fsp3) is 0.429. The molecule has 0 unspecified atom stereocenters. The van der Waals surface area contributed by atoms with Gasteiger partial charge in [0.05, 0.1) is 6.21 Å². The highest BCUT2D eigenvalue weighted by atomic mass is 15.3. The van der Waals surface area contributed by atoms with Crippen molar-refractivity contribution >= 4 is 12.2 Å². The lowest BCUT2D eigenvalue weighted by molar-refractivity contribution is 0.148. The SMILES string of the molecule is CN1CCN(Cc2cccc(C=NN=C(N)N)c2)CC1. The molecule has 108 valence electrons. The van der Waals surface area contributed by atoms with E-state index in [2.05, 4.69) is 39.2 Å². The largest absolute Gasteiger partial charge is 0.369 e. The Morgan fingerprint density at radius 3 is 2.70 bits per heavy atom. The van der Waals surface area contributed by atoms with Gasteiger partial charge in [0.25, 0.3) is 0 Å². The standard InChI is InChI=1S/C14H22N6/c1-19-5-7-20(8-6-19)11-13-4-2-3-12(9-13)10-17-18-14(15)16/h2-4,9-10H,5-8,11H2,1H3,(H4,15,16,18). The summed E-state index contributed by atoms with van der Waals surface area (Å²) in [5.74, 6) is -0.0326. The summed E-state index contributed by atoms with van der Waals surface area (Å²) in [5, 5.41) is 7.43. The van der Waals surface area contributed by atoms with E-state index in [-0.39, 0.29) is 5.96 Å². The second kappa shape index (κ2) is 7.02. The number of rotatable bonds is 4. The molecule has 1 aromatic carbocycles. The van der Waals surface area contributed by atoms with Crippen molar-refractivity contribution in [3.63, 3.8) is 0 Å². The monoisotopic (exact) mass is 274 g/mol. The van der Waals surface area contributed by atoms with Gasteiger partial charge in [0.2, 0.25) is 5.96 Å². The molecule has 6 heteroatoms. The average Bonchev–Trinajstić information content (AvgIpc) is 2.41. The lowest BCUT2D eigenvalue weighted by atomic mass is 10.1. The Kier molecular flexibility index (Phi) is 5.09.